The molecule has 1 aliphatic carbocycles. The summed E-state index contributed by atoms with van der Waals surface area (Å²) in [4.78, 5) is 12.4. The second-order valence-corrected chi connectivity index (χ2v) is 7.12. The number of carbonyl (C=O) groups is 1. The number of nitrogens with one attached hydrogen (secondary N) is 1. The summed E-state index contributed by atoms with van der Waals surface area (Å²) in [6, 6.07) is 13.0. The first-order valence-corrected chi connectivity index (χ1v) is 9.00. The molecule has 0 saturated carbocycles. The van der Waals surface area contributed by atoms with Crippen LogP contribution in [0.3, 0.4) is 0 Å². The van der Waals surface area contributed by atoms with Gasteiger partial charge in [0.1, 0.15) is 0 Å². The quantitative estimate of drug-likeness (QED) is 0.876. The van der Waals surface area contributed by atoms with E-state index in [0.717, 1.165) is 5.56 Å². The molecule has 1 atom stereocenters. The lowest BCUT2D eigenvalue weighted by molar-refractivity contribution is -0.121. The minimum atomic E-state index is 0.0521. The third-order valence-electron chi connectivity index (χ3n) is 5.19. The Balaban J connectivity index is 1.64. The molecule has 24 heavy (non-hydrogen) atoms. The average molecular weight is 321 g/mol. The van der Waals surface area contributed by atoms with Gasteiger partial charge in [-0.3, -0.25) is 4.79 Å². The Morgan fingerprint density at radius 2 is 1.75 bits per heavy atom. The van der Waals surface area contributed by atoms with Crippen LogP contribution < -0.4 is 5.32 Å². The first-order chi connectivity index (χ1) is 11.5. The number of benzene rings is 2. The second-order valence-electron chi connectivity index (χ2n) is 7.12. The monoisotopic (exact) mass is 321 g/mol. The number of hydrogen-bond acceptors (Lipinski definition) is 1. The van der Waals surface area contributed by atoms with Crippen LogP contribution in [0.1, 0.15) is 59.2 Å². The highest BCUT2D eigenvalue weighted by Gasteiger charge is 2.14. The Morgan fingerprint density at radius 1 is 1.00 bits per heavy atom. The maximum Gasteiger partial charge on any atom is 0.224 e. The molecule has 0 spiro atoms. The van der Waals surface area contributed by atoms with Gasteiger partial charge in [-0.1, -0.05) is 36.4 Å². The first kappa shape index (κ1) is 16.8. The number of fused-ring (bicyclic) bond motifs is 1. The van der Waals surface area contributed by atoms with Crippen molar-refractivity contribution in [2.45, 2.75) is 58.9 Å². The van der Waals surface area contributed by atoms with Crippen LogP contribution in [0.5, 0.6) is 0 Å². The zero-order valence-corrected chi connectivity index (χ0v) is 15.0. The van der Waals surface area contributed by atoms with Crippen molar-refractivity contribution in [2.75, 3.05) is 0 Å². The number of carbonyl (C=O) groups excluding carboxylic acids is 1. The van der Waals surface area contributed by atoms with Gasteiger partial charge in [0.25, 0.3) is 0 Å². The van der Waals surface area contributed by atoms with Crippen LogP contribution in [0.15, 0.2) is 36.4 Å². The predicted molar refractivity (Wildman–Crippen MR) is 99.3 cm³/mol. The summed E-state index contributed by atoms with van der Waals surface area (Å²) in [6.45, 7) is 6.26. The van der Waals surface area contributed by atoms with Crippen LogP contribution >= 0.6 is 0 Å². The normalized spacial score (nSPS) is 14.8. The Morgan fingerprint density at radius 3 is 2.50 bits per heavy atom. The van der Waals surface area contributed by atoms with Crippen LogP contribution in [-0.4, -0.2) is 5.91 Å². The van der Waals surface area contributed by atoms with Crippen molar-refractivity contribution in [1.29, 1.82) is 0 Å². The summed E-state index contributed by atoms with van der Waals surface area (Å²) in [6.07, 6.45) is 5.39. The van der Waals surface area contributed by atoms with Gasteiger partial charge in [0.05, 0.1) is 12.5 Å². The number of hydrogen-bond donors (Lipinski definition) is 1. The van der Waals surface area contributed by atoms with E-state index in [9.17, 15) is 4.79 Å². The molecule has 0 saturated heterocycles. The molecule has 2 aromatic rings. The molecule has 1 aliphatic rings. The van der Waals surface area contributed by atoms with Crippen molar-refractivity contribution in [3.8, 4) is 0 Å². The van der Waals surface area contributed by atoms with E-state index in [2.05, 4.69) is 56.4 Å². The molecule has 1 N–H and O–H groups in total. The fourth-order valence-corrected chi connectivity index (χ4v) is 3.50. The van der Waals surface area contributed by atoms with Crippen LogP contribution in [0.4, 0.5) is 0 Å². The van der Waals surface area contributed by atoms with Crippen molar-refractivity contribution in [3.05, 3.63) is 69.8 Å². The number of rotatable bonds is 4. The van der Waals surface area contributed by atoms with Gasteiger partial charge in [0.2, 0.25) is 5.91 Å². The maximum atomic E-state index is 12.4. The number of amides is 1. The SMILES string of the molecule is Cc1ccc(CC(=O)N[C@H](C)c2ccc3c(c2)CCCC3)cc1C. The smallest absolute Gasteiger partial charge is 0.224 e. The average Bonchev–Trinajstić information content (AvgIpc) is 2.57. The highest BCUT2D eigenvalue weighted by Crippen LogP contribution is 2.24. The maximum absolute atomic E-state index is 12.4. The molecule has 2 aromatic carbocycles. The Kier molecular flexibility index (Phi) is 5.03. The van der Waals surface area contributed by atoms with Crippen molar-refractivity contribution >= 4 is 5.91 Å². The van der Waals surface area contributed by atoms with E-state index >= 15 is 0 Å². The molecule has 0 heterocycles. The second kappa shape index (κ2) is 7.21. The van der Waals surface area contributed by atoms with Crippen molar-refractivity contribution < 1.29 is 4.79 Å². The lowest BCUT2D eigenvalue weighted by atomic mass is 9.89. The van der Waals surface area contributed by atoms with Crippen LogP contribution in [0, 0.1) is 13.8 Å². The fraction of sp³-hybridized carbons (Fsp3) is 0.409. The summed E-state index contributed by atoms with van der Waals surface area (Å²) in [5, 5.41) is 3.15. The minimum Gasteiger partial charge on any atom is -0.349 e. The molecule has 0 aliphatic heterocycles. The topological polar surface area (TPSA) is 29.1 Å². The Labute approximate surface area is 145 Å². The molecule has 126 valence electrons. The third kappa shape index (κ3) is 3.87. The highest BCUT2D eigenvalue weighted by atomic mass is 16.1. The first-order valence-electron chi connectivity index (χ1n) is 9.00. The molecule has 0 radical (unpaired) electrons. The molecule has 3 rings (SSSR count). The van der Waals surface area contributed by atoms with Gasteiger partial charge in [0, 0.05) is 0 Å². The van der Waals surface area contributed by atoms with E-state index in [0.29, 0.717) is 6.42 Å². The predicted octanol–water partition coefficient (Wildman–Crippen LogP) is 4.60. The van der Waals surface area contributed by atoms with Gasteiger partial charge in [-0.25, -0.2) is 0 Å². The standard InChI is InChI=1S/C22H27NO/c1-15-8-9-18(12-16(15)2)13-22(24)23-17(3)20-11-10-19-6-4-5-7-21(19)14-20/h8-12,14,17H,4-7,13H2,1-3H3,(H,23,24)/t17-/m1/s1. The molecule has 0 aromatic heterocycles. The molecule has 2 nitrogen and oxygen atoms in total. The summed E-state index contributed by atoms with van der Waals surface area (Å²) in [5.74, 6) is 0.0865. The Bertz CT molecular complexity index is 748. The lowest BCUT2D eigenvalue weighted by Crippen LogP contribution is -2.28. The van der Waals surface area contributed by atoms with E-state index in [1.807, 2.05) is 6.07 Å². The van der Waals surface area contributed by atoms with Gasteiger partial charge in [-0.2, -0.15) is 0 Å². The lowest BCUT2D eigenvalue weighted by Gasteiger charge is -2.20. The van der Waals surface area contributed by atoms with Crippen LogP contribution in [0.25, 0.3) is 0 Å². The van der Waals surface area contributed by atoms with E-state index in [1.165, 1.54) is 53.5 Å². The molecule has 2 heteroatoms. The van der Waals surface area contributed by atoms with Gasteiger partial charge < -0.3 is 5.32 Å². The summed E-state index contributed by atoms with van der Waals surface area (Å²) >= 11 is 0. The summed E-state index contributed by atoms with van der Waals surface area (Å²) in [7, 11) is 0. The van der Waals surface area contributed by atoms with Gasteiger partial charge in [0.15, 0.2) is 0 Å². The van der Waals surface area contributed by atoms with Crippen LogP contribution in [-0.2, 0) is 24.1 Å². The molecule has 0 unspecified atom stereocenters. The van der Waals surface area contributed by atoms with E-state index in [4.69, 9.17) is 0 Å². The van der Waals surface area contributed by atoms with Gasteiger partial charge >= 0.3 is 0 Å². The van der Waals surface area contributed by atoms with Crippen molar-refractivity contribution in [2.24, 2.45) is 0 Å². The number of aryl methyl sites for hydroxylation is 4. The Hall–Kier alpha value is -2.09. The molecule has 0 fully saturated rings. The van der Waals surface area contributed by atoms with E-state index < -0.39 is 0 Å². The van der Waals surface area contributed by atoms with E-state index in [-0.39, 0.29) is 11.9 Å². The van der Waals surface area contributed by atoms with Crippen molar-refractivity contribution in [3.63, 3.8) is 0 Å². The largest absolute Gasteiger partial charge is 0.349 e. The highest BCUT2D eigenvalue weighted by molar-refractivity contribution is 5.79. The summed E-state index contributed by atoms with van der Waals surface area (Å²) < 4.78 is 0. The fourth-order valence-electron chi connectivity index (χ4n) is 3.50. The summed E-state index contributed by atoms with van der Waals surface area (Å²) in [5.41, 5.74) is 7.75. The molecular weight excluding hydrogens is 294 g/mol. The third-order valence-corrected chi connectivity index (χ3v) is 5.19. The van der Waals surface area contributed by atoms with Crippen molar-refractivity contribution in [1.82, 2.24) is 5.32 Å². The zero-order valence-electron chi connectivity index (χ0n) is 15.0. The minimum absolute atomic E-state index is 0.0521. The van der Waals surface area contributed by atoms with Gasteiger partial charge in [-0.15, -0.1) is 0 Å². The van der Waals surface area contributed by atoms with Gasteiger partial charge in [-0.05, 0) is 79.8 Å². The zero-order chi connectivity index (χ0) is 17.1. The van der Waals surface area contributed by atoms with E-state index in [1.54, 1.807) is 0 Å². The van der Waals surface area contributed by atoms with Crippen LogP contribution in [0.2, 0.25) is 0 Å². The molecular formula is C22H27NO. The molecule has 0 bridgehead atoms. The molecule has 1 amide bonds.